The van der Waals surface area contributed by atoms with E-state index in [1.54, 1.807) is 0 Å². The number of hydrogen-bond acceptors (Lipinski definition) is 2. The maximum Gasteiger partial charge on any atom is 0.433 e. The molecule has 0 heterocycles. The van der Waals surface area contributed by atoms with Crippen molar-refractivity contribution in [2.45, 2.75) is 13.8 Å². The average Bonchev–Trinajstić information content (AvgIpc) is 2.41. The second-order valence-corrected chi connectivity index (χ2v) is 4.56. The summed E-state index contributed by atoms with van der Waals surface area (Å²) < 4.78 is 9.76. The maximum absolute atomic E-state index is 5.96. The molecule has 2 aromatic rings. The van der Waals surface area contributed by atoms with E-state index in [4.69, 9.17) is 20.5 Å². The molecule has 0 saturated carbocycles. The van der Waals surface area contributed by atoms with Crippen molar-refractivity contribution in [3.8, 4) is 0 Å². The number of benzene rings is 2. The highest BCUT2D eigenvalue weighted by Gasteiger charge is 1.94. The Morgan fingerprint density at radius 3 is 2.17 bits per heavy atom. The molecule has 0 N–H and O–H groups in total. The van der Waals surface area contributed by atoms with Crippen molar-refractivity contribution in [2.75, 3.05) is 13.2 Å². The Kier molecular flexibility index (Phi) is 7.69. The lowest BCUT2D eigenvalue weighted by Crippen LogP contribution is -2.02. The summed E-state index contributed by atoms with van der Waals surface area (Å²) >= 11 is 5.96. The molecule has 0 bridgehead atoms. The van der Waals surface area contributed by atoms with Gasteiger partial charge in [0.1, 0.15) is 0 Å². The minimum Gasteiger partial charge on any atom is -0.393 e. The molecule has 0 aromatic heterocycles. The van der Waals surface area contributed by atoms with Gasteiger partial charge in [-0.1, -0.05) is 48.0 Å². The third kappa shape index (κ3) is 5.19. The first-order valence-corrected chi connectivity index (χ1v) is 7.10. The predicted octanol–water partition coefficient (Wildman–Crippen LogP) is 4.09. The Morgan fingerprint density at radius 1 is 0.944 bits per heavy atom. The molecule has 0 aliphatic rings. The number of fused-ring (bicyclic) bond motifs is 1. The highest BCUT2D eigenvalue weighted by atomic mass is 35.5. The normalized spacial score (nSPS) is 9.94. The van der Waals surface area contributed by atoms with E-state index >= 15 is 0 Å². The lowest BCUT2D eigenvalue weighted by atomic mass is 10.1. The van der Waals surface area contributed by atoms with Gasteiger partial charge in [-0.3, -0.25) is 0 Å². The minimum absolute atomic E-state index is 0.232. The monoisotopic (exact) mass is 280 g/mol. The molecule has 0 spiro atoms. The fourth-order valence-corrected chi connectivity index (χ4v) is 1.91. The highest BCUT2D eigenvalue weighted by Crippen LogP contribution is 2.21. The van der Waals surface area contributed by atoms with Crippen LogP contribution in [-0.4, -0.2) is 23.2 Å². The van der Waals surface area contributed by atoms with Gasteiger partial charge in [-0.05, 0) is 25.3 Å². The van der Waals surface area contributed by atoms with Gasteiger partial charge in [0.05, 0.1) is 0 Å². The van der Waals surface area contributed by atoms with Gasteiger partial charge in [0.15, 0.2) is 0 Å². The summed E-state index contributed by atoms with van der Waals surface area (Å²) in [6, 6.07) is 14.0. The third-order valence-corrected chi connectivity index (χ3v) is 3.29. The summed E-state index contributed by atoms with van der Waals surface area (Å²) in [6.07, 6.45) is 0. The van der Waals surface area contributed by atoms with E-state index in [0.717, 1.165) is 23.6 Å². The number of rotatable bonds is 4. The summed E-state index contributed by atoms with van der Waals surface area (Å²) in [5.41, 5.74) is 0. The van der Waals surface area contributed by atoms with Crippen LogP contribution in [0.5, 0.6) is 0 Å². The van der Waals surface area contributed by atoms with E-state index in [-0.39, 0.29) is 10.0 Å². The van der Waals surface area contributed by atoms with Gasteiger partial charge in [0.2, 0.25) is 0 Å². The molecule has 0 aliphatic heterocycles. The topological polar surface area (TPSA) is 18.5 Å². The van der Waals surface area contributed by atoms with Gasteiger partial charge in [-0.2, -0.15) is 0 Å². The van der Waals surface area contributed by atoms with Crippen LogP contribution in [0, 0.1) is 0 Å². The van der Waals surface area contributed by atoms with Crippen LogP contribution in [0.3, 0.4) is 0 Å². The lowest BCUT2D eigenvalue weighted by molar-refractivity contribution is 0.240. The number of hydrogen-bond donors (Lipinski definition) is 0. The molecule has 0 fully saturated rings. The van der Waals surface area contributed by atoms with Crippen molar-refractivity contribution in [3.63, 3.8) is 0 Å². The Labute approximate surface area is 116 Å². The van der Waals surface area contributed by atoms with Crippen LogP contribution in [0.25, 0.3) is 10.8 Å². The smallest absolute Gasteiger partial charge is 0.393 e. The van der Waals surface area contributed by atoms with Crippen LogP contribution in [0.1, 0.15) is 13.8 Å². The van der Waals surface area contributed by atoms with Crippen molar-refractivity contribution in [1.82, 2.24) is 0 Å². The zero-order valence-electron chi connectivity index (χ0n) is 10.7. The Bertz CT molecular complexity index is 453. The summed E-state index contributed by atoms with van der Waals surface area (Å²) in [7, 11) is 0.232. The van der Waals surface area contributed by atoms with Crippen molar-refractivity contribution in [3.05, 3.63) is 47.5 Å². The summed E-state index contributed by atoms with van der Waals surface area (Å²) in [5.74, 6) is 0. The van der Waals surface area contributed by atoms with E-state index in [1.165, 1.54) is 5.39 Å². The Balaban J connectivity index is 0.000000203. The highest BCUT2D eigenvalue weighted by molar-refractivity contribution is 6.35. The summed E-state index contributed by atoms with van der Waals surface area (Å²) in [4.78, 5) is 0. The molecule has 4 heteroatoms. The van der Waals surface area contributed by atoms with Crippen molar-refractivity contribution < 1.29 is 8.85 Å². The van der Waals surface area contributed by atoms with Crippen molar-refractivity contribution in [2.24, 2.45) is 0 Å². The van der Waals surface area contributed by atoms with Crippen LogP contribution < -0.4 is 0 Å². The second-order valence-electron chi connectivity index (χ2n) is 3.41. The van der Waals surface area contributed by atoms with Gasteiger partial charge >= 0.3 is 10.0 Å². The summed E-state index contributed by atoms with van der Waals surface area (Å²) in [6.45, 7) is 5.40. The molecule has 0 amide bonds. The largest absolute Gasteiger partial charge is 0.433 e. The molecule has 18 heavy (non-hydrogen) atoms. The van der Waals surface area contributed by atoms with Crippen molar-refractivity contribution >= 4 is 32.4 Å². The van der Waals surface area contributed by atoms with Gasteiger partial charge in [-0.15, -0.1) is 0 Å². The average molecular weight is 281 g/mol. The molecule has 0 aliphatic carbocycles. The molecular formula is C14H17ClO2Si. The SMILES string of the molecule is CCO[Si]OCC.Clc1cccc2ccccc12. The van der Waals surface area contributed by atoms with Crippen LogP contribution in [0.4, 0.5) is 0 Å². The fourth-order valence-electron chi connectivity index (χ4n) is 1.35. The van der Waals surface area contributed by atoms with E-state index in [0.29, 0.717) is 0 Å². The zero-order chi connectivity index (χ0) is 13.2. The standard InChI is InChI=1S/C10H7Cl.C4H10O2Si/c11-10-7-3-5-8-4-1-2-6-9(8)10;1-3-5-7-6-4-2/h1-7H;3-4H2,1-2H3. The van der Waals surface area contributed by atoms with Gasteiger partial charge < -0.3 is 8.85 Å². The number of halogens is 1. The zero-order valence-corrected chi connectivity index (χ0v) is 12.4. The van der Waals surface area contributed by atoms with Crippen molar-refractivity contribution in [1.29, 1.82) is 0 Å². The lowest BCUT2D eigenvalue weighted by Gasteiger charge is -1.97. The first-order chi connectivity index (χ1) is 8.79. The Hall–Kier alpha value is -0.873. The Morgan fingerprint density at radius 2 is 1.56 bits per heavy atom. The van der Waals surface area contributed by atoms with E-state index < -0.39 is 0 Å². The molecule has 2 radical (unpaired) electrons. The molecular weight excluding hydrogens is 264 g/mol. The van der Waals surface area contributed by atoms with Gasteiger partial charge in [0.25, 0.3) is 0 Å². The van der Waals surface area contributed by atoms with E-state index in [1.807, 2.05) is 44.2 Å². The minimum atomic E-state index is 0.232. The molecule has 2 nitrogen and oxygen atoms in total. The molecule has 96 valence electrons. The first kappa shape index (κ1) is 15.2. The first-order valence-electron chi connectivity index (χ1n) is 5.91. The molecule has 0 unspecified atom stereocenters. The quantitative estimate of drug-likeness (QED) is 0.620. The molecule has 0 saturated heterocycles. The van der Waals surface area contributed by atoms with E-state index in [2.05, 4.69) is 12.1 Å². The molecule has 2 rings (SSSR count). The molecule has 2 aromatic carbocycles. The van der Waals surface area contributed by atoms with Crippen LogP contribution in [0.15, 0.2) is 42.5 Å². The fraction of sp³-hybridized carbons (Fsp3) is 0.286. The van der Waals surface area contributed by atoms with Gasteiger partial charge in [0, 0.05) is 23.6 Å². The van der Waals surface area contributed by atoms with E-state index in [9.17, 15) is 0 Å². The maximum atomic E-state index is 5.96. The van der Waals surface area contributed by atoms with Gasteiger partial charge in [-0.25, -0.2) is 0 Å². The summed E-state index contributed by atoms with van der Waals surface area (Å²) in [5, 5.41) is 3.14. The second kappa shape index (κ2) is 9.11. The molecule has 0 atom stereocenters. The van der Waals surface area contributed by atoms with Crippen LogP contribution >= 0.6 is 11.6 Å². The van der Waals surface area contributed by atoms with Crippen LogP contribution in [-0.2, 0) is 8.85 Å². The third-order valence-electron chi connectivity index (χ3n) is 2.14. The van der Waals surface area contributed by atoms with Crippen LogP contribution in [0.2, 0.25) is 5.02 Å². The predicted molar refractivity (Wildman–Crippen MR) is 78.0 cm³/mol.